The maximum atomic E-state index is 12.1. The number of nitrogens with one attached hydrogen (secondary N) is 1. The number of benzene rings is 1. The van der Waals surface area contributed by atoms with Crippen molar-refractivity contribution in [1.29, 1.82) is 0 Å². The van der Waals surface area contributed by atoms with Crippen LogP contribution in [0.1, 0.15) is 12.0 Å². The van der Waals surface area contributed by atoms with E-state index in [1.807, 2.05) is 6.07 Å². The van der Waals surface area contributed by atoms with E-state index in [9.17, 15) is 4.79 Å². The molecule has 0 radical (unpaired) electrons. The number of nitrogens with zero attached hydrogens (tertiary/aromatic N) is 2. The largest absolute Gasteiger partial charge is 0.486 e. The summed E-state index contributed by atoms with van der Waals surface area (Å²) in [5.41, 5.74) is 0.839. The van der Waals surface area contributed by atoms with Gasteiger partial charge in [0.1, 0.15) is 13.2 Å². The lowest BCUT2D eigenvalue weighted by Crippen LogP contribution is -2.45. The predicted molar refractivity (Wildman–Crippen MR) is 97.7 cm³/mol. The van der Waals surface area contributed by atoms with Gasteiger partial charge in [-0.3, -0.25) is 4.79 Å². The van der Waals surface area contributed by atoms with Crippen LogP contribution in [0.5, 0.6) is 11.5 Å². The number of likely N-dealkylation sites (N-methyl/N-ethyl adjacent to an activating group) is 1. The Morgan fingerprint density at radius 3 is 2.76 bits per heavy atom. The fourth-order valence-corrected chi connectivity index (χ4v) is 3.40. The van der Waals surface area contributed by atoms with Crippen molar-refractivity contribution in [2.24, 2.45) is 0 Å². The predicted octanol–water partition coefficient (Wildman–Crippen LogP) is 1.41. The third-order valence-electron chi connectivity index (χ3n) is 4.59. The zero-order valence-electron chi connectivity index (χ0n) is 14.7. The molecule has 7 heteroatoms. The van der Waals surface area contributed by atoms with Gasteiger partial charge in [-0.25, -0.2) is 0 Å². The lowest BCUT2D eigenvalue weighted by molar-refractivity contribution is -0.120. The molecule has 1 aromatic rings. The zero-order valence-corrected chi connectivity index (χ0v) is 15.5. The molecule has 138 valence electrons. The van der Waals surface area contributed by atoms with Crippen molar-refractivity contribution < 1.29 is 14.3 Å². The number of halogens is 1. The molecule has 3 rings (SSSR count). The SMILES string of the molecule is CN1CCN(CCCNC(=O)Cc2cc(Cl)c3c(c2)OCCO3)CC1. The Bertz CT molecular complexity index is 603. The summed E-state index contributed by atoms with van der Waals surface area (Å²) in [4.78, 5) is 16.9. The second-order valence-corrected chi connectivity index (χ2v) is 7.03. The van der Waals surface area contributed by atoms with Crippen LogP contribution < -0.4 is 14.8 Å². The monoisotopic (exact) mass is 367 g/mol. The summed E-state index contributed by atoms with van der Waals surface area (Å²) in [6.07, 6.45) is 1.27. The molecule has 1 saturated heterocycles. The van der Waals surface area contributed by atoms with Crippen LogP contribution in [0.15, 0.2) is 12.1 Å². The molecule has 1 amide bonds. The average Bonchev–Trinajstić information content (AvgIpc) is 2.60. The van der Waals surface area contributed by atoms with E-state index < -0.39 is 0 Å². The molecule has 1 fully saturated rings. The molecule has 1 N–H and O–H groups in total. The Morgan fingerprint density at radius 2 is 1.96 bits per heavy atom. The average molecular weight is 368 g/mol. The van der Waals surface area contributed by atoms with E-state index in [1.165, 1.54) is 0 Å². The second kappa shape index (κ2) is 8.74. The highest BCUT2D eigenvalue weighted by Gasteiger charge is 2.18. The lowest BCUT2D eigenvalue weighted by Gasteiger charge is -2.32. The first-order valence-electron chi connectivity index (χ1n) is 8.87. The van der Waals surface area contributed by atoms with E-state index in [0.717, 1.165) is 44.7 Å². The summed E-state index contributed by atoms with van der Waals surface area (Å²) in [5, 5.41) is 3.48. The smallest absolute Gasteiger partial charge is 0.224 e. The van der Waals surface area contributed by atoms with Gasteiger partial charge < -0.3 is 24.6 Å². The third-order valence-corrected chi connectivity index (χ3v) is 4.87. The summed E-state index contributed by atoms with van der Waals surface area (Å²) in [6, 6.07) is 3.61. The molecule has 2 aliphatic heterocycles. The fraction of sp³-hybridized carbons (Fsp3) is 0.611. The van der Waals surface area contributed by atoms with Crippen LogP contribution >= 0.6 is 11.6 Å². The van der Waals surface area contributed by atoms with Gasteiger partial charge in [-0.15, -0.1) is 0 Å². The number of fused-ring (bicyclic) bond motifs is 1. The first-order chi connectivity index (χ1) is 12.1. The molecule has 0 unspecified atom stereocenters. The number of ether oxygens (including phenoxy) is 2. The first kappa shape index (κ1) is 18.3. The molecule has 0 aromatic heterocycles. The van der Waals surface area contributed by atoms with Crippen LogP contribution in [0.2, 0.25) is 5.02 Å². The topological polar surface area (TPSA) is 54.0 Å². The van der Waals surface area contributed by atoms with Crippen LogP contribution in [0.3, 0.4) is 0 Å². The summed E-state index contributed by atoms with van der Waals surface area (Å²) >= 11 is 6.21. The van der Waals surface area contributed by atoms with Crippen LogP contribution in [-0.2, 0) is 11.2 Å². The number of amides is 1. The van der Waals surface area contributed by atoms with E-state index in [-0.39, 0.29) is 5.91 Å². The van der Waals surface area contributed by atoms with E-state index in [4.69, 9.17) is 21.1 Å². The maximum Gasteiger partial charge on any atom is 0.224 e. The maximum absolute atomic E-state index is 12.1. The highest BCUT2D eigenvalue weighted by molar-refractivity contribution is 6.32. The molecule has 6 nitrogen and oxygen atoms in total. The van der Waals surface area contributed by atoms with Gasteiger partial charge in [-0.05, 0) is 37.7 Å². The van der Waals surface area contributed by atoms with Crippen molar-refractivity contribution >= 4 is 17.5 Å². The van der Waals surface area contributed by atoms with Crippen molar-refractivity contribution in [3.63, 3.8) is 0 Å². The quantitative estimate of drug-likeness (QED) is 0.770. The molecular weight excluding hydrogens is 342 g/mol. The first-order valence-corrected chi connectivity index (χ1v) is 9.25. The minimum absolute atomic E-state index is 0.00567. The van der Waals surface area contributed by atoms with E-state index >= 15 is 0 Å². The van der Waals surface area contributed by atoms with E-state index in [2.05, 4.69) is 22.2 Å². The standard InChI is InChI=1S/C18H26ClN3O3/c1-21-5-7-22(8-6-21)4-2-3-20-17(23)13-14-11-15(19)18-16(12-14)24-9-10-25-18/h11-12H,2-10,13H2,1H3,(H,20,23). The number of piperazine rings is 1. The third kappa shape index (κ3) is 5.23. The summed E-state index contributed by atoms with van der Waals surface area (Å²) in [5.74, 6) is 1.20. The van der Waals surface area contributed by atoms with Crippen molar-refractivity contribution in [2.45, 2.75) is 12.8 Å². The van der Waals surface area contributed by atoms with E-state index in [0.29, 0.717) is 42.7 Å². The second-order valence-electron chi connectivity index (χ2n) is 6.63. The Morgan fingerprint density at radius 1 is 1.20 bits per heavy atom. The molecular formula is C18H26ClN3O3. The number of carbonyl (C=O) groups excluding carboxylic acids is 1. The van der Waals surface area contributed by atoms with Crippen LogP contribution in [0.4, 0.5) is 0 Å². The summed E-state index contributed by atoms with van der Waals surface area (Å²) in [7, 11) is 2.15. The molecule has 0 atom stereocenters. The zero-order chi connectivity index (χ0) is 17.6. The molecule has 2 heterocycles. The minimum atomic E-state index is 0.00567. The lowest BCUT2D eigenvalue weighted by atomic mass is 10.1. The van der Waals surface area contributed by atoms with Gasteiger partial charge in [-0.2, -0.15) is 0 Å². The van der Waals surface area contributed by atoms with Gasteiger partial charge in [0.05, 0.1) is 11.4 Å². The molecule has 0 bridgehead atoms. The van der Waals surface area contributed by atoms with Crippen LogP contribution in [0.25, 0.3) is 0 Å². The number of rotatable bonds is 6. The molecule has 2 aliphatic rings. The van der Waals surface area contributed by atoms with Crippen molar-refractivity contribution in [1.82, 2.24) is 15.1 Å². The Kier molecular flexibility index (Phi) is 6.39. The van der Waals surface area contributed by atoms with E-state index in [1.54, 1.807) is 6.07 Å². The Hall–Kier alpha value is -1.50. The summed E-state index contributed by atoms with van der Waals surface area (Å²) < 4.78 is 11.0. The van der Waals surface area contributed by atoms with Crippen LogP contribution in [-0.4, -0.2) is 75.2 Å². The van der Waals surface area contributed by atoms with Gasteiger partial charge in [-0.1, -0.05) is 11.6 Å². The number of carbonyl (C=O) groups is 1. The normalized spacial score (nSPS) is 18.2. The van der Waals surface area contributed by atoms with Gasteiger partial charge in [0.15, 0.2) is 11.5 Å². The number of hydrogen-bond acceptors (Lipinski definition) is 5. The molecule has 0 saturated carbocycles. The summed E-state index contributed by atoms with van der Waals surface area (Å²) in [6.45, 7) is 7.20. The van der Waals surface area contributed by atoms with Gasteiger partial charge in [0.2, 0.25) is 5.91 Å². The highest BCUT2D eigenvalue weighted by Crippen LogP contribution is 2.38. The van der Waals surface area contributed by atoms with Crippen molar-refractivity contribution in [2.75, 3.05) is 59.5 Å². The van der Waals surface area contributed by atoms with Gasteiger partial charge >= 0.3 is 0 Å². The van der Waals surface area contributed by atoms with Gasteiger partial charge in [0, 0.05) is 32.7 Å². The minimum Gasteiger partial charge on any atom is -0.486 e. The fourth-order valence-electron chi connectivity index (χ4n) is 3.12. The molecule has 0 spiro atoms. The van der Waals surface area contributed by atoms with Crippen LogP contribution in [0, 0.1) is 0 Å². The van der Waals surface area contributed by atoms with Crippen molar-refractivity contribution in [3.8, 4) is 11.5 Å². The Labute approximate surface area is 154 Å². The highest BCUT2D eigenvalue weighted by atomic mass is 35.5. The molecule has 25 heavy (non-hydrogen) atoms. The van der Waals surface area contributed by atoms with Gasteiger partial charge in [0.25, 0.3) is 0 Å². The van der Waals surface area contributed by atoms with Crippen molar-refractivity contribution in [3.05, 3.63) is 22.7 Å². The molecule has 1 aromatic carbocycles. The number of hydrogen-bond donors (Lipinski definition) is 1. The Balaban J connectivity index is 1.40. The molecule has 0 aliphatic carbocycles.